The second-order valence-corrected chi connectivity index (χ2v) is 5.89. The lowest BCUT2D eigenvalue weighted by Crippen LogP contribution is -2.26. The highest BCUT2D eigenvalue weighted by molar-refractivity contribution is 7.99. The Morgan fingerprint density at radius 1 is 1.48 bits per heavy atom. The van der Waals surface area contributed by atoms with Crippen molar-refractivity contribution in [3.63, 3.8) is 0 Å². The fourth-order valence-electron chi connectivity index (χ4n) is 2.16. The molecule has 0 bridgehead atoms. The van der Waals surface area contributed by atoms with E-state index in [2.05, 4.69) is 22.1 Å². The number of hydrogen-bond acceptors (Lipinski definition) is 6. The Kier molecular flexibility index (Phi) is 7.04. The number of aromatic nitrogens is 3. The van der Waals surface area contributed by atoms with E-state index in [4.69, 9.17) is 10.00 Å². The third kappa shape index (κ3) is 4.84. The Morgan fingerprint density at radius 3 is 3.00 bits per heavy atom. The summed E-state index contributed by atoms with van der Waals surface area (Å²) in [7, 11) is 1.61. The number of carbonyl (C=O) groups excluding carboxylic acids is 1. The molecule has 0 saturated carbocycles. The molecule has 25 heavy (non-hydrogen) atoms. The zero-order valence-corrected chi connectivity index (χ0v) is 14.8. The number of carbonyl (C=O) groups is 1. The van der Waals surface area contributed by atoms with Crippen LogP contribution >= 0.6 is 11.8 Å². The molecule has 1 aromatic carbocycles. The average Bonchev–Trinajstić information content (AvgIpc) is 3.03. The molecule has 1 heterocycles. The number of hydrogen-bond donors (Lipinski definition) is 1. The molecule has 1 N–H and O–H groups in total. The van der Waals surface area contributed by atoms with Gasteiger partial charge in [0.1, 0.15) is 5.75 Å². The van der Waals surface area contributed by atoms with Gasteiger partial charge in [-0.05, 0) is 12.1 Å². The van der Waals surface area contributed by atoms with Gasteiger partial charge in [-0.1, -0.05) is 30.0 Å². The van der Waals surface area contributed by atoms with Crippen LogP contribution in [0.1, 0.15) is 6.42 Å². The number of nitriles is 1. The number of methoxy groups -OCH3 is 1. The summed E-state index contributed by atoms with van der Waals surface area (Å²) in [5.41, 5.74) is 0.824. The number of amides is 1. The van der Waals surface area contributed by atoms with Crippen molar-refractivity contribution in [2.75, 3.05) is 19.4 Å². The molecular weight excluding hydrogens is 338 g/mol. The Hall–Kier alpha value is -2.79. The molecule has 0 spiro atoms. The van der Waals surface area contributed by atoms with Crippen LogP contribution in [0.15, 0.2) is 42.1 Å². The summed E-state index contributed by atoms with van der Waals surface area (Å²) in [5.74, 6) is 1.41. The fraction of sp³-hybridized carbons (Fsp3) is 0.294. The van der Waals surface area contributed by atoms with E-state index < -0.39 is 0 Å². The van der Waals surface area contributed by atoms with E-state index in [1.165, 1.54) is 11.8 Å². The first-order valence-electron chi connectivity index (χ1n) is 7.65. The van der Waals surface area contributed by atoms with Crippen LogP contribution in [0.3, 0.4) is 0 Å². The Labute approximate surface area is 150 Å². The van der Waals surface area contributed by atoms with E-state index in [1.54, 1.807) is 13.2 Å². The number of allylic oxidation sites excluding steroid dienone is 1. The quantitative estimate of drug-likeness (QED) is 0.420. The van der Waals surface area contributed by atoms with Crippen LogP contribution in [-0.2, 0) is 11.3 Å². The highest BCUT2D eigenvalue weighted by Crippen LogP contribution is 2.30. The van der Waals surface area contributed by atoms with Crippen LogP contribution in [0, 0.1) is 11.3 Å². The lowest BCUT2D eigenvalue weighted by Gasteiger charge is -2.10. The first-order chi connectivity index (χ1) is 12.2. The van der Waals surface area contributed by atoms with Gasteiger partial charge in [-0.2, -0.15) is 5.26 Å². The minimum absolute atomic E-state index is 0.146. The Balaban J connectivity index is 2.18. The molecule has 0 aliphatic rings. The van der Waals surface area contributed by atoms with Crippen molar-refractivity contribution >= 4 is 17.7 Å². The minimum Gasteiger partial charge on any atom is -0.496 e. The number of rotatable bonds is 9. The maximum Gasteiger partial charge on any atom is 0.230 e. The minimum atomic E-state index is -0.146. The Morgan fingerprint density at radius 2 is 2.28 bits per heavy atom. The summed E-state index contributed by atoms with van der Waals surface area (Å²) in [4.78, 5) is 11.8. The summed E-state index contributed by atoms with van der Waals surface area (Å²) < 4.78 is 7.28. The lowest BCUT2D eigenvalue weighted by atomic mass is 10.2. The number of thioether (sulfide) groups is 1. The summed E-state index contributed by atoms with van der Waals surface area (Å²) in [6.45, 7) is 4.63. The molecule has 0 saturated heterocycles. The maximum absolute atomic E-state index is 11.8. The molecule has 0 atom stereocenters. The zero-order chi connectivity index (χ0) is 18.1. The van der Waals surface area contributed by atoms with E-state index in [0.717, 1.165) is 5.56 Å². The van der Waals surface area contributed by atoms with Gasteiger partial charge in [-0.25, -0.2) is 0 Å². The zero-order valence-electron chi connectivity index (χ0n) is 13.9. The second kappa shape index (κ2) is 9.49. The summed E-state index contributed by atoms with van der Waals surface area (Å²) in [6.07, 6.45) is 2.04. The van der Waals surface area contributed by atoms with Gasteiger partial charge in [-0.3, -0.25) is 9.36 Å². The van der Waals surface area contributed by atoms with Crippen LogP contribution in [0.4, 0.5) is 0 Å². The van der Waals surface area contributed by atoms with Crippen molar-refractivity contribution in [1.82, 2.24) is 20.1 Å². The molecular formula is C17H19N5O2S. The molecule has 8 heteroatoms. The van der Waals surface area contributed by atoms with Crippen molar-refractivity contribution in [2.24, 2.45) is 0 Å². The number of benzene rings is 1. The second-order valence-electron chi connectivity index (χ2n) is 4.95. The van der Waals surface area contributed by atoms with Gasteiger partial charge < -0.3 is 10.1 Å². The first-order valence-corrected chi connectivity index (χ1v) is 8.63. The van der Waals surface area contributed by atoms with Crippen LogP contribution in [0.25, 0.3) is 11.4 Å². The van der Waals surface area contributed by atoms with Crippen molar-refractivity contribution < 1.29 is 9.53 Å². The molecule has 1 amide bonds. The topological polar surface area (TPSA) is 92.8 Å². The third-order valence-corrected chi connectivity index (χ3v) is 4.23. The van der Waals surface area contributed by atoms with Crippen LogP contribution in [-0.4, -0.2) is 40.1 Å². The molecule has 2 rings (SSSR count). The van der Waals surface area contributed by atoms with E-state index in [1.807, 2.05) is 34.9 Å². The van der Waals surface area contributed by atoms with Gasteiger partial charge in [-0.15, -0.1) is 16.8 Å². The smallest absolute Gasteiger partial charge is 0.230 e. The molecule has 0 radical (unpaired) electrons. The highest BCUT2D eigenvalue weighted by atomic mass is 32.2. The van der Waals surface area contributed by atoms with Crippen molar-refractivity contribution in [2.45, 2.75) is 18.1 Å². The van der Waals surface area contributed by atoms with Crippen LogP contribution < -0.4 is 10.1 Å². The first kappa shape index (κ1) is 18.5. The molecule has 7 nitrogen and oxygen atoms in total. The largest absolute Gasteiger partial charge is 0.496 e. The van der Waals surface area contributed by atoms with E-state index >= 15 is 0 Å². The molecule has 0 unspecified atom stereocenters. The fourth-order valence-corrected chi connectivity index (χ4v) is 2.93. The van der Waals surface area contributed by atoms with E-state index in [9.17, 15) is 4.79 Å². The molecule has 1 aromatic heterocycles. The van der Waals surface area contributed by atoms with Crippen LogP contribution in [0.5, 0.6) is 5.75 Å². The molecule has 0 aliphatic carbocycles. The molecule has 0 fully saturated rings. The van der Waals surface area contributed by atoms with Gasteiger partial charge >= 0.3 is 0 Å². The van der Waals surface area contributed by atoms with Crippen molar-refractivity contribution in [1.29, 1.82) is 5.26 Å². The van der Waals surface area contributed by atoms with Gasteiger partial charge in [0.05, 0.1) is 30.9 Å². The number of para-hydroxylation sites is 1. The maximum atomic E-state index is 11.8. The predicted molar refractivity (Wildman–Crippen MR) is 96.2 cm³/mol. The van der Waals surface area contributed by atoms with E-state index in [0.29, 0.717) is 36.2 Å². The molecule has 130 valence electrons. The highest BCUT2D eigenvalue weighted by Gasteiger charge is 2.17. The van der Waals surface area contributed by atoms with Gasteiger partial charge in [0.2, 0.25) is 5.91 Å². The molecule has 0 aliphatic heterocycles. The van der Waals surface area contributed by atoms with Gasteiger partial charge in [0.15, 0.2) is 11.0 Å². The lowest BCUT2D eigenvalue weighted by molar-refractivity contribution is -0.118. The molecule has 2 aromatic rings. The number of nitrogens with zero attached hydrogens (tertiary/aromatic N) is 4. The van der Waals surface area contributed by atoms with Gasteiger partial charge in [0, 0.05) is 13.1 Å². The summed E-state index contributed by atoms with van der Waals surface area (Å²) in [6, 6.07) is 9.54. The summed E-state index contributed by atoms with van der Waals surface area (Å²) >= 11 is 1.29. The van der Waals surface area contributed by atoms with Crippen LogP contribution in [0.2, 0.25) is 0 Å². The number of ether oxygens (including phenoxy) is 1. The SMILES string of the molecule is C=CCn1c(SCC(=O)NCCC#N)nnc1-c1ccccc1OC. The average molecular weight is 357 g/mol. The van der Waals surface area contributed by atoms with E-state index in [-0.39, 0.29) is 11.7 Å². The predicted octanol–water partition coefficient (Wildman–Crippen LogP) is 2.26. The normalized spacial score (nSPS) is 10.1. The standard InChI is InChI=1S/C17H19N5O2S/c1-3-11-22-16(13-7-4-5-8-14(13)24-2)20-21-17(22)25-12-15(23)19-10-6-9-18/h3-5,7-8H,1,6,10-12H2,2H3,(H,19,23). The Bertz CT molecular complexity index is 782. The summed E-state index contributed by atoms with van der Waals surface area (Å²) in [5, 5.41) is 20.2. The van der Waals surface area contributed by atoms with Crippen molar-refractivity contribution in [3.05, 3.63) is 36.9 Å². The van der Waals surface area contributed by atoms with Gasteiger partial charge in [0.25, 0.3) is 0 Å². The number of nitrogens with one attached hydrogen (secondary N) is 1. The van der Waals surface area contributed by atoms with Crippen molar-refractivity contribution in [3.8, 4) is 23.2 Å². The monoisotopic (exact) mass is 357 g/mol. The third-order valence-electron chi connectivity index (χ3n) is 3.27.